The number of carbonyl (C=O) groups is 2. The molecule has 3 heterocycles. The van der Waals surface area contributed by atoms with Crippen LogP contribution in [0, 0.1) is 6.92 Å². The second kappa shape index (κ2) is 10.0. The van der Waals surface area contributed by atoms with Crippen LogP contribution in [0.4, 0.5) is 0 Å². The van der Waals surface area contributed by atoms with Crippen molar-refractivity contribution in [3.05, 3.63) is 55.5 Å². The molecule has 1 atom stereocenters. The Morgan fingerprint density at radius 1 is 1.29 bits per heavy atom. The van der Waals surface area contributed by atoms with E-state index in [-0.39, 0.29) is 34.7 Å². The second-order valence-corrected chi connectivity index (χ2v) is 9.58. The fraction of sp³-hybridized carbons (Fsp3) is 0.417. The number of aromatic nitrogens is 2. The average Bonchev–Trinajstić information content (AvgIpc) is 3.48. The quantitative estimate of drug-likeness (QED) is 0.527. The van der Waals surface area contributed by atoms with E-state index in [4.69, 9.17) is 9.47 Å². The van der Waals surface area contributed by atoms with Gasteiger partial charge < -0.3 is 19.7 Å². The van der Waals surface area contributed by atoms with E-state index in [1.807, 2.05) is 0 Å². The summed E-state index contributed by atoms with van der Waals surface area (Å²) < 4.78 is 13.1. The number of amides is 2. The summed E-state index contributed by atoms with van der Waals surface area (Å²) in [6.45, 7) is 2.39. The molecular formula is C24H28N4O6S. The number of hydrogen-bond donors (Lipinski definition) is 1. The first kappa shape index (κ1) is 24.7. The first-order chi connectivity index (χ1) is 16.7. The Morgan fingerprint density at radius 2 is 2.06 bits per heavy atom. The van der Waals surface area contributed by atoms with Crippen LogP contribution in [-0.4, -0.2) is 66.3 Å². The van der Waals surface area contributed by atoms with Crippen LogP contribution < -0.4 is 21.3 Å². The lowest BCUT2D eigenvalue weighted by Crippen LogP contribution is -2.42. The molecule has 1 aromatic carbocycles. The molecule has 186 valence electrons. The van der Waals surface area contributed by atoms with Crippen molar-refractivity contribution in [2.75, 3.05) is 34.4 Å². The SMILES string of the molecule is COc1cccc(-n2c(=O)c3c(C)c(C(=O)N(C)C)sc3n(CC(=O)NC[C@H]3CCCO3)c2=O)c1. The molecule has 2 aromatic heterocycles. The number of rotatable bonds is 7. The number of nitrogens with zero attached hydrogens (tertiary/aromatic N) is 3. The molecule has 35 heavy (non-hydrogen) atoms. The fourth-order valence-corrected chi connectivity index (χ4v) is 5.42. The average molecular weight is 501 g/mol. The zero-order valence-corrected chi connectivity index (χ0v) is 20.9. The third-order valence-electron chi connectivity index (χ3n) is 5.98. The Hall–Kier alpha value is -3.44. The fourth-order valence-electron chi connectivity index (χ4n) is 4.10. The Bertz CT molecular complexity index is 1400. The summed E-state index contributed by atoms with van der Waals surface area (Å²) in [5, 5.41) is 3.05. The van der Waals surface area contributed by atoms with Gasteiger partial charge in [-0.25, -0.2) is 9.36 Å². The molecule has 0 bridgehead atoms. The maximum atomic E-state index is 13.6. The van der Waals surface area contributed by atoms with E-state index < -0.39 is 11.2 Å². The summed E-state index contributed by atoms with van der Waals surface area (Å²) in [7, 11) is 4.72. The number of hydrogen-bond acceptors (Lipinski definition) is 7. The molecule has 2 amide bonds. The van der Waals surface area contributed by atoms with Crippen LogP contribution in [0.15, 0.2) is 33.9 Å². The van der Waals surface area contributed by atoms with Crippen molar-refractivity contribution in [2.45, 2.75) is 32.4 Å². The third kappa shape index (κ3) is 4.73. The van der Waals surface area contributed by atoms with E-state index >= 15 is 0 Å². The van der Waals surface area contributed by atoms with Gasteiger partial charge in [0.25, 0.3) is 11.5 Å². The Balaban J connectivity index is 1.87. The highest BCUT2D eigenvalue weighted by molar-refractivity contribution is 7.20. The summed E-state index contributed by atoms with van der Waals surface area (Å²) in [5.41, 5.74) is -0.450. The number of aryl methyl sites for hydroxylation is 1. The third-order valence-corrected chi connectivity index (χ3v) is 7.28. The Morgan fingerprint density at radius 3 is 2.71 bits per heavy atom. The van der Waals surface area contributed by atoms with Gasteiger partial charge in [-0.1, -0.05) is 6.07 Å². The molecule has 0 spiro atoms. The number of fused-ring (bicyclic) bond motifs is 1. The van der Waals surface area contributed by atoms with Crippen LogP contribution in [0.1, 0.15) is 28.1 Å². The summed E-state index contributed by atoms with van der Waals surface area (Å²) in [5.74, 6) is -0.190. The molecule has 0 radical (unpaired) electrons. The molecule has 3 aromatic rings. The first-order valence-corrected chi connectivity index (χ1v) is 12.1. The minimum absolute atomic E-state index is 0.0466. The molecule has 11 heteroatoms. The molecule has 1 N–H and O–H groups in total. The molecule has 1 saturated heterocycles. The van der Waals surface area contributed by atoms with E-state index in [9.17, 15) is 19.2 Å². The molecule has 10 nitrogen and oxygen atoms in total. The van der Waals surface area contributed by atoms with Crippen molar-refractivity contribution in [3.8, 4) is 11.4 Å². The van der Waals surface area contributed by atoms with Gasteiger partial charge in [0.2, 0.25) is 5.91 Å². The number of carbonyl (C=O) groups excluding carboxylic acids is 2. The molecule has 1 aliphatic heterocycles. The topological polar surface area (TPSA) is 112 Å². The van der Waals surface area contributed by atoms with Gasteiger partial charge >= 0.3 is 5.69 Å². The van der Waals surface area contributed by atoms with Crippen LogP contribution in [0.2, 0.25) is 0 Å². The standard InChI is InChI=1S/C24H28N4O6S/c1-14-19-21(30)28(15-7-5-8-16(11-15)33-4)24(32)27(23(19)35-20(14)22(31)26(2)3)13-18(29)25-12-17-9-6-10-34-17/h5,7-8,11,17H,6,9-10,12-13H2,1-4H3,(H,25,29)/t17-/m1/s1. The van der Waals surface area contributed by atoms with Crippen molar-refractivity contribution in [2.24, 2.45) is 0 Å². The van der Waals surface area contributed by atoms with Crippen LogP contribution >= 0.6 is 11.3 Å². The molecule has 0 aliphatic carbocycles. The van der Waals surface area contributed by atoms with Crippen LogP contribution in [0.3, 0.4) is 0 Å². The van der Waals surface area contributed by atoms with Crippen molar-refractivity contribution >= 4 is 33.4 Å². The Kier molecular flexibility index (Phi) is 7.08. The van der Waals surface area contributed by atoms with E-state index in [1.54, 1.807) is 45.3 Å². The number of nitrogens with one attached hydrogen (secondary N) is 1. The van der Waals surface area contributed by atoms with Gasteiger partial charge in [-0.15, -0.1) is 11.3 Å². The maximum Gasteiger partial charge on any atom is 0.337 e. The second-order valence-electron chi connectivity index (χ2n) is 8.59. The number of benzene rings is 1. The van der Waals surface area contributed by atoms with Gasteiger partial charge in [-0.05, 0) is 37.5 Å². The van der Waals surface area contributed by atoms with Gasteiger partial charge in [-0.2, -0.15) is 0 Å². The normalized spacial score (nSPS) is 15.4. The minimum atomic E-state index is -0.673. The van der Waals surface area contributed by atoms with Gasteiger partial charge in [0.05, 0.1) is 29.2 Å². The lowest BCUT2D eigenvalue weighted by atomic mass is 10.2. The van der Waals surface area contributed by atoms with Crippen LogP contribution in [-0.2, 0) is 16.1 Å². The zero-order valence-electron chi connectivity index (χ0n) is 20.1. The summed E-state index contributed by atoms with van der Waals surface area (Å²) in [6, 6.07) is 6.56. The lowest BCUT2D eigenvalue weighted by Gasteiger charge is -2.14. The summed E-state index contributed by atoms with van der Waals surface area (Å²) in [6.07, 6.45) is 1.77. The highest BCUT2D eigenvalue weighted by atomic mass is 32.1. The van der Waals surface area contributed by atoms with Gasteiger partial charge in [0.15, 0.2) is 0 Å². The van der Waals surface area contributed by atoms with Crippen molar-refractivity contribution < 1.29 is 19.1 Å². The summed E-state index contributed by atoms with van der Waals surface area (Å²) >= 11 is 1.04. The maximum absolute atomic E-state index is 13.6. The molecular weight excluding hydrogens is 472 g/mol. The van der Waals surface area contributed by atoms with Crippen molar-refractivity contribution in [3.63, 3.8) is 0 Å². The molecule has 0 saturated carbocycles. The molecule has 0 unspecified atom stereocenters. The van der Waals surface area contributed by atoms with Crippen molar-refractivity contribution in [1.82, 2.24) is 19.4 Å². The Labute approximate surface area is 205 Å². The van der Waals surface area contributed by atoms with E-state index in [1.165, 1.54) is 16.6 Å². The van der Waals surface area contributed by atoms with E-state index in [2.05, 4.69) is 5.32 Å². The van der Waals surface area contributed by atoms with Gasteiger partial charge in [0, 0.05) is 33.3 Å². The lowest BCUT2D eigenvalue weighted by molar-refractivity contribution is -0.122. The molecule has 1 fully saturated rings. The summed E-state index contributed by atoms with van der Waals surface area (Å²) in [4.78, 5) is 54.9. The minimum Gasteiger partial charge on any atom is -0.497 e. The molecule has 4 rings (SSSR count). The van der Waals surface area contributed by atoms with Gasteiger partial charge in [-0.3, -0.25) is 19.0 Å². The first-order valence-electron chi connectivity index (χ1n) is 11.3. The monoisotopic (exact) mass is 500 g/mol. The highest BCUT2D eigenvalue weighted by Gasteiger charge is 2.26. The van der Waals surface area contributed by atoms with Crippen LogP contribution in [0.5, 0.6) is 5.75 Å². The number of thiophene rings is 1. The zero-order chi connectivity index (χ0) is 25.3. The van der Waals surface area contributed by atoms with Crippen molar-refractivity contribution in [1.29, 1.82) is 0 Å². The number of ether oxygens (including phenoxy) is 2. The predicted octanol–water partition coefficient (Wildman–Crippen LogP) is 1.53. The molecule has 1 aliphatic rings. The smallest absolute Gasteiger partial charge is 0.337 e. The predicted molar refractivity (Wildman–Crippen MR) is 133 cm³/mol. The van der Waals surface area contributed by atoms with Gasteiger partial charge in [0.1, 0.15) is 17.1 Å². The largest absolute Gasteiger partial charge is 0.497 e. The van der Waals surface area contributed by atoms with E-state index in [0.29, 0.717) is 35.0 Å². The van der Waals surface area contributed by atoms with E-state index in [0.717, 1.165) is 28.7 Å². The number of methoxy groups -OCH3 is 1. The highest BCUT2D eigenvalue weighted by Crippen LogP contribution is 2.29. The van der Waals surface area contributed by atoms with Crippen LogP contribution in [0.25, 0.3) is 15.9 Å².